The van der Waals surface area contributed by atoms with Crippen molar-refractivity contribution in [3.05, 3.63) is 71.3 Å². The van der Waals surface area contributed by atoms with E-state index in [1.165, 1.54) is 42.2 Å². The van der Waals surface area contributed by atoms with Gasteiger partial charge in [0.2, 0.25) is 5.91 Å². The Hall–Kier alpha value is -4.27. The molecule has 0 radical (unpaired) electrons. The van der Waals surface area contributed by atoms with E-state index >= 15 is 0 Å². The highest BCUT2D eigenvalue weighted by Crippen LogP contribution is 2.30. The molecule has 1 N–H and O–H groups in total. The summed E-state index contributed by atoms with van der Waals surface area (Å²) < 4.78 is 5.13. The normalized spacial score (nSPS) is 12.3. The van der Waals surface area contributed by atoms with Crippen LogP contribution in [0, 0.1) is 0 Å². The zero-order chi connectivity index (χ0) is 25.0. The summed E-state index contributed by atoms with van der Waals surface area (Å²) in [6, 6.07) is 10.3. The summed E-state index contributed by atoms with van der Waals surface area (Å²) in [5, 5.41) is 2.61. The van der Waals surface area contributed by atoms with Gasteiger partial charge in [0.15, 0.2) is 6.61 Å². The Morgan fingerprint density at radius 3 is 2.24 bits per heavy atom. The number of nitrogens with zero attached hydrogens (tertiary/aromatic N) is 2. The monoisotopic (exact) mass is 463 g/mol. The molecule has 0 spiro atoms. The van der Waals surface area contributed by atoms with E-state index in [-0.39, 0.29) is 28.5 Å². The molecule has 1 aliphatic rings. The quantitative estimate of drug-likeness (QED) is 0.366. The van der Waals surface area contributed by atoms with Crippen molar-refractivity contribution in [3.63, 3.8) is 0 Å². The fourth-order valence-corrected chi connectivity index (χ4v) is 3.50. The standard InChI is InChI=1S/C25H25N3O6/c1-5-27(13-15(2)3)22(30)14-34-25(33)17-6-11-20-21(12-17)24(32)28(23(20)31)19-9-7-18(8-10-19)26-16(4)29/h6-12H,2,5,13-14H2,1,3-4H3,(H,26,29). The Morgan fingerprint density at radius 2 is 1.65 bits per heavy atom. The van der Waals surface area contributed by atoms with Gasteiger partial charge in [-0.25, -0.2) is 9.69 Å². The number of esters is 1. The number of anilines is 2. The van der Waals surface area contributed by atoms with E-state index in [2.05, 4.69) is 11.9 Å². The van der Waals surface area contributed by atoms with Crippen molar-refractivity contribution in [2.45, 2.75) is 20.8 Å². The molecule has 0 atom stereocenters. The van der Waals surface area contributed by atoms with Crippen LogP contribution in [0.4, 0.5) is 11.4 Å². The minimum absolute atomic E-state index is 0.0542. The molecule has 2 aromatic rings. The van der Waals surface area contributed by atoms with Gasteiger partial charge in [-0.15, -0.1) is 0 Å². The van der Waals surface area contributed by atoms with E-state index in [0.717, 1.165) is 10.5 Å². The zero-order valence-electron chi connectivity index (χ0n) is 19.2. The molecule has 2 aromatic carbocycles. The van der Waals surface area contributed by atoms with Gasteiger partial charge in [0, 0.05) is 25.7 Å². The Bertz CT molecular complexity index is 1190. The number of benzene rings is 2. The van der Waals surface area contributed by atoms with Crippen LogP contribution < -0.4 is 10.2 Å². The number of hydrogen-bond acceptors (Lipinski definition) is 6. The van der Waals surface area contributed by atoms with Gasteiger partial charge >= 0.3 is 5.97 Å². The molecule has 0 aliphatic carbocycles. The maximum absolute atomic E-state index is 13.0. The molecule has 0 aromatic heterocycles. The summed E-state index contributed by atoms with van der Waals surface area (Å²) in [4.78, 5) is 64.2. The number of carbonyl (C=O) groups is 5. The van der Waals surface area contributed by atoms with Crippen LogP contribution in [0.2, 0.25) is 0 Å². The second-order valence-corrected chi connectivity index (χ2v) is 7.88. The van der Waals surface area contributed by atoms with Crippen LogP contribution in [0.25, 0.3) is 0 Å². The van der Waals surface area contributed by atoms with Crippen LogP contribution in [-0.2, 0) is 14.3 Å². The molecular weight excluding hydrogens is 438 g/mol. The molecule has 1 heterocycles. The van der Waals surface area contributed by atoms with Gasteiger partial charge in [-0.05, 0) is 56.3 Å². The molecule has 9 heteroatoms. The Morgan fingerprint density at radius 1 is 1.00 bits per heavy atom. The molecular formula is C25H25N3O6. The molecule has 0 saturated carbocycles. The Labute approximate surface area is 197 Å². The molecule has 34 heavy (non-hydrogen) atoms. The molecule has 0 fully saturated rings. The third-order valence-corrected chi connectivity index (χ3v) is 5.09. The summed E-state index contributed by atoms with van der Waals surface area (Å²) in [6.45, 7) is 9.12. The van der Waals surface area contributed by atoms with Crippen LogP contribution >= 0.6 is 0 Å². The average molecular weight is 463 g/mol. The van der Waals surface area contributed by atoms with Crippen molar-refractivity contribution < 1.29 is 28.7 Å². The maximum atomic E-state index is 13.0. The van der Waals surface area contributed by atoms with Crippen molar-refractivity contribution in [1.82, 2.24) is 4.90 Å². The number of fused-ring (bicyclic) bond motifs is 1. The number of nitrogens with one attached hydrogen (secondary N) is 1. The van der Waals surface area contributed by atoms with Gasteiger partial charge in [0.1, 0.15) is 0 Å². The van der Waals surface area contributed by atoms with Gasteiger partial charge in [0.05, 0.1) is 22.4 Å². The third-order valence-electron chi connectivity index (χ3n) is 5.09. The fraction of sp³-hybridized carbons (Fsp3) is 0.240. The van der Waals surface area contributed by atoms with Crippen molar-refractivity contribution >= 4 is 41.0 Å². The lowest BCUT2D eigenvalue weighted by atomic mass is 10.1. The number of hydrogen-bond donors (Lipinski definition) is 1. The average Bonchev–Trinajstić information content (AvgIpc) is 3.05. The Balaban J connectivity index is 1.73. The highest BCUT2D eigenvalue weighted by molar-refractivity contribution is 6.34. The van der Waals surface area contributed by atoms with Crippen LogP contribution in [0.3, 0.4) is 0 Å². The maximum Gasteiger partial charge on any atom is 0.338 e. The molecule has 1 aliphatic heterocycles. The second kappa shape index (κ2) is 10.1. The van der Waals surface area contributed by atoms with Crippen LogP contribution in [0.5, 0.6) is 0 Å². The molecule has 0 bridgehead atoms. The van der Waals surface area contributed by atoms with Gasteiger partial charge in [-0.3, -0.25) is 19.2 Å². The highest BCUT2D eigenvalue weighted by atomic mass is 16.5. The van der Waals surface area contributed by atoms with Crippen molar-refractivity contribution in [2.24, 2.45) is 0 Å². The molecule has 4 amide bonds. The summed E-state index contributed by atoms with van der Waals surface area (Å²) in [5.74, 6) is -2.49. The predicted molar refractivity (Wildman–Crippen MR) is 126 cm³/mol. The predicted octanol–water partition coefficient (Wildman–Crippen LogP) is 3.03. The van der Waals surface area contributed by atoms with Crippen molar-refractivity contribution in [3.8, 4) is 0 Å². The van der Waals surface area contributed by atoms with Gasteiger partial charge in [-0.2, -0.15) is 0 Å². The van der Waals surface area contributed by atoms with Crippen molar-refractivity contribution in [2.75, 3.05) is 29.9 Å². The zero-order valence-corrected chi connectivity index (χ0v) is 19.2. The van der Waals surface area contributed by atoms with E-state index in [4.69, 9.17) is 4.74 Å². The van der Waals surface area contributed by atoms with E-state index in [0.29, 0.717) is 24.5 Å². The molecule has 0 saturated heterocycles. The number of ether oxygens (including phenoxy) is 1. The number of amides is 4. The molecule has 3 rings (SSSR count). The minimum Gasteiger partial charge on any atom is -0.452 e. The van der Waals surface area contributed by atoms with Crippen LogP contribution in [0.15, 0.2) is 54.6 Å². The van der Waals surface area contributed by atoms with Crippen LogP contribution in [0.1, 0.15) is 51.8 Å². The lowest BCUT2D eigenvalue weighted by Gasteiger charge is -2.20. The molecule has 0 unspecified atom stereocenters. The summed E-state index contributed by atoms with van der Waals surface area (Å²) in [7, 11) is 0. The van der Waals surface area contributed by atoms with Crippen molar-refractivity contribution in [1.29, 1.82) is 0 Å². The first-order valence-electron chi connectivity index (χ1n) is 10.6. The largest absolute Gasteiger partial charge is 0.452 e. The SMILES string of the molecule is C=C(C)CN(CC)C(=O)COC(=O)c1ccc2c(c1)C(=O)N(c1ccc(NC(C)=O)cc1)C2=O. The first-order chi connectivity index (χ1) is 16.1. The van der Waals surface area contributed by atoms with Crippen LogP contribution in [-0.4, -0.2) is 54.2 Å². The first kappa shape index (κ1) is 24.4. The van der Waals surface area contributed by atoms with E-state index in [1.807, 2.05) is 6.92 Å². The lowest BCUT2D eigenvalue weighted by Crippen LogP contribution is -2.35. The van der Waals surface area contributed by atoms with Gasteiger partial charge in [0.25, 0.3) is 17.7 Å². The molecule has 9 nitrogen and oxygen atoms in total. The minimum atomic E-state index is -0.777. The van der Waals surface area contributed by atoms with E-state index < -0.39 is 24.4 Å². The summed E-state index contributed by atoms with van der Waals surface area (Å²) in [6.07, 6.45) is 0. The Kier molecular flexibility index (Phi) is 7.25. The third kappa shape index (κ3) is 5.20. The first-order valence-corrected chi connectivity index (χ1v) is 10.6. The van der Waals surface area contributed by atoms with E-state index in [9.17, 15) is 24.0 Å². The van der Waals surface area contributed by atoms with E-state index in [1.54, 1.807) is 19.1 Å². The van der Waals surface area contributed by atoms with Gasteiger partial charge in [-0.1, -0.05) is 12.2 Å². The second-order valence-electron chi connectivity index (χ2n) is 7.88. The number of carbonyl (C=O) groups excluding carboxylic acids is 5. The summed E-state index contributed by atoms with van der Waals surface area (Å²) in [5.41, 5.74) is 1.93. The van der Waals surface area contributed by atoms with Gasteiger partial charge < -0.3 is 15.0 Å². The molecule has 176 valence electrons. The number of likely N-dealkylation sites (N-methyl/N-ethyl adjacent to an activating group) is 1. The highest BCUT2D eigenvalue weighted by Gasteiger charge is 2.37. The number of rotatable bonds is 8. The topological polar surface area (TPSA) is 113 Å². The summed E-state index contributed by atoms with van der Waals surface area (Å²) >= 11 is 0. The smallest absolute Gasteiger partial charge is 0.338 e. The number of imide groups is 1. The fourth-order valence-electron chi connectivity index (χ4n) is 3.50. The lowest BCUT2D eigenvalue weighted by molar-refractivity contribution is -0.133.